The standard InChI is InChI=1S/C7H3F3S2.C7H2FNS2.C7H5FO2S3.C7H3NS2.C7H6O2S3.C6H2F2S2.C6H3NO2S2.7C2H6/c8-7(9,10)5-3-4-1-2-11-6(4)12-5;8-6-4-1-2-10-7(4)11-5(6)3-9;1-13(9,10)7-5(8)4-2-3-11-6(4)12-7;8-4-6-3-5-1-2-9-7(5)10-6;1-12(8,9)6-4-5-2-3-10-7(5)11-6;7-4-3-1-2-9-6(3)10-5(4)8;8-7(9)5-3-4-1-2-10-6(4)11-5;7*1-2/h1-3H;1-2H;2-3H,1H3;1-3H;2-4H,1H3;1-2H;1-3H;7*1-2H3. The average Bonchev–Trinajstić information content (AvgIpc) is 1.70. The molecule has 0 fully saturated rings. The van der Waals surface area contributed by atoms with Gasteiger partial charge < -0.3 is 0 Å². The second-order valence-electron chi connectivity index (χ2n) is 15.1. The van der Waals surface area contributed by atoms with Gasteiger partial charge in [-0.3, -0.25) is 10.1 Å². The Balaban J connectivity index is 0.000000526. The number of halogens is 7. The minimum Gasteiger partial charge on any atom is -0.258 e. The van der Waals surface area contributed by atoms with Crippen LogP contribution in [0.2, 0.25) is 0 Å². The van der Waals surface area contributed by atoms with E-state index >= 15 is 0 Å². The number of rotatable bonds is 3. The molecule has 0 N–H and O–H groups in total. The lowest BCUT2D eigenvalue weighted by Crippen LogP contribution is -2.00. The number of nitriles is 2. The third-order valence-corrected chi connectivity index (χ3v) is 28.3. The van der Waals surface area contributed by atoms with Crippen molar-refractivity contribution in [2.45, 2.75) is 112 Å². The molecule has 0 amide bonds. The van der Waals surface area contributed by atoms with E-state index in [4.69, 9.17) is 10.5 Å². The highest BCUT2D eigenvalue weighted by Gasteiger charge is 2.33. The zero-order chi connectivity index (χ0) is 71.0. The van der Waals surface area contributed by atoms with Crippen LogP contribution in [0.25, 0.3) is 65.8 Å². The first-order valence-electron chi connectivity index (χ1n) is 27.9. The monoisotopic (exact) mass is 1580 g/mol. The van der Waals surface area contributed by atoms with Crippen LogP contribution in [-0.2, 0) is 25.9 Å². The zero-order valence-corrected chi connectivity index (χ0v) is 65.9. The van der Waals surface area contributed by atoms with E-state index in [1.54, 1.807) is 86.5 Å². The molecule has 0 aliphatic heterocycles. The Bertz CT molecular complexity index is 4610. The van der Waals surface area contributed by atoms with Gasteiger partial charge in [-0.2, -0.15) is 28.1 Å². The highest BCUT2D eigenvalue weighted by atomic mass is 32.2. The molecule has 0 saturated heterocycles. The molecule has 14 aromatic heterocycles. The summed E-state index contributed by atoms with van der Waals surface area (Å²) in [5.74, 6) is -1.68. The summed E-state index contributed by atoms with van der Waals surface area (Å²) in [7, 11) is -6.42. The van der Waals surface area contributed by atoms with Crippen LogP contribution in [0.4, 0.5) is 35.7 Å². The molecule has 506 valence electrons. The fourth-order valence-corrected chi connectivity index (χ4v) is 22.2. The van der Waals surface area contributed by atoms with Gasteiger partial charge in [0.25, 0.3) is 0 Å². The van der Waals surface area contributed by atoms with E-state index in [9.17, 15) is 57.7 Å². The first-order chi connectivity index (χ1) is 44.4. The lowest BCUT2D eigenvalue weighted by atomic mass is 10.3. The smallest absolute Gasteiger partial charge is 0.258 e. The molecule has 14 aromatic rings. The summed E-state index contributed by atoms with van der Waals surface area (Å²) in [6, 6.07) is 22.9. The van der Waals surface area contributed by atoms with Crippen LogP contribution in [0, 0.1) is 55.4 Å². The second kappa shape index (κ2) is 43.6. The Morgan fingerprint density at radius 1 is 0.430 bits per heavy atom. The normalized spacial score (nSPS) is 10.1. The molecule has 93 heavy (non-hydrogen) atoms. The summed E-state index contributed by atoms with van der Waals surface area (Å²) < 4.78 is 139. The maximum Gasteiger partial charge on any atom is 0.425 e. The Labute approximate surface area is 593 Å². The Hall–Kier alpha value is -4.59. The van der Waals surface area contributed by atoms with Gasteiger partial charge >= 0.3 is 11.2 Å². The second-order valence-corrected chi connectivity index (χ2v) is 34.9. The van der Waals surface area contributed by atoms with Gasteiger partial charge in [0.1, 0.15) is 31.0 Å². The third-order valence-electron chi connectivity index (χ3n) is 9.64. The molecule has 0 spiro atoms. The van der Waals surface area contributed by atoms with Crippen molar-refractivity contribution in [1.82, 2.24) is 0 Å². The number of hydrogen-bond acceptors (Lipinski definition) is 22. The highest BCUT2D eigenvalue weighted by Crippen LogP contribution is 2.41. The quantitative estimate of drug-likeness (QED) is 0.0960. The lowest BCUT2D eigenvalue weighted by molar-refractivity contribution is -0.380. The summed E-state index contributed by atoms with van der Waals surface area (Å²) >= 11 is 18.3. The molecule has 0 saturated carbocycles. The van der Waals surface area contributed by atoms with Crippen molar-refractivity contribution in [3.63, 3.8) is 0 Å². The van der Waals surface area contributed by atoms with E-state index in [0.29, 0.717) is 25.8 Å². The van der Waals surface area contributed by atoms with Crippen molar-refractivity contribution >= 4 is 249 Å². The van der Waals surface area contributed by atoms with Gasteiger partial charge in [0, 0.05) is 56.3 Å². The molecule has 0 radical (unpaired) electrons. The molecule has 0 unspecified atom stereocenters. The first-order valence-corrected chi connectivity index (χ1v) is 43.5. The van der Waals surface area contributed by atoms with Crippen LogP contribution in [-0.4, -0.2) is 34.3 Å². The van der Waals surface area contributed by atoms with Crippen LogP contribution in [0.3, 0.4) is 0 Å². The Morgan fingerprint density at radius 2 is 0.806 bits per heavy atom. The predicted octanol–water partition coefficient (Wildman–Crippen LogP) is 28.0. The molecule has 32 heteroatoms. The van der Waals surface area contributed by atoms with E-state index < -0.39 is 47.5 Å². The Kier molecular flexibility index (Phi) is 40.5. The van der Waals surface area contributed by atoms with E-state index in [-0.39, 0.29) is 24.8 Å². The van der Waals surface area contributed by atoms with Crippen molar-refractivity contribution in [3.8, 4) is 12.1 Å². The van der Waals surface area contributed by atoms with E-state index in [0.717, 1.165) is 80.0 Å². The van der Waals surface area contributed by atoms with Crippen LogP contribution in [0.1, 0.15) is 112 Å². The van der Waals surface area contributed by atoms with Gasteiger partial charge in [-0.05, 0) is 98.3 Å². The summed E-state index contributed by atoms with van der Waals surface area (Å²) in [5.41, 5.74) is 0. The van der Waals surface area contributed by atoms with E-state index in [1.807, 2.05) is 149 Å². The molecule has 9 nitrogen and oxygen atoms in total. The predicted molar refractivity (Wildman–Crippen MR) is 404 cm³/mol. The summed E-state index contributed by atoms with van der Waals surface area (Å²) in [4.78, 5) is 10.4. The average molecular weight is 1580 g/mol. The molecule has 0 bridgehead atoms. The Morgan fingerprint density at radius 3 is 1.17 bits per heavy atom. The first kappa shape index (κ1) is 86.4. The summed E-state index contributed by atoms with van der Waals surface area (Å²) in [6.07, 6.45) is -1.93. The molecule has 0 atom stereocenters. The van der Waals surface area contributed by atoms with Crippen LogP contribution in [0.5, 0.6) is 0 Å². The highest BCUT2D eigenvalue weighted by molar-refractivity contribution is 7.93. The summed E-state index contributed by atoms with van der Waals surface area (Å²) in [6.45, 7) is 28.0. The van der Waals surface area contributed by atoms with E-state index in [1.165, 1.54) is 112 Å². The van der Waals surface area contributed by atoms with Gasteiger partial charge in [-0.15, -0.1) is 136 Å². The molecule has 14 heterocycles. The van der Waals surface area contributed by atoms with Gasteiger partial charge in [-0.1, -0.05) is 120 Å². The number of nitrogens with zero attached hydrogens (tertiary/aromatic N) is 3. The minimum absolute atomic E-state index is 0.158. The van der Waals surface area contributed by atoms with Crippen molar-refractivity contribution in [1.29, 1.82) is 10.5 Å². The molecule has 0 aliphatic rings. The summed E-state index contributed by atoms with van der Waals surface area (Å²) in [5, 5.41) is 45.2. The number of thiophene rings is 14. The van der Waals surface area contributed by atoms with Gasteiger partial charge in [0.05, 0.1) is 33.0 Å². The van der Waals surface area contributed by atoms with E-state index in [2.05, 4.69) is 6.07 Å². The zero-order valence-electron chi connectivity index (χ0n) is 52.9. The molecule has 0 aromatic carbocycles. The topological polar surface area (TPSA) is 159 Å². The van der Waals surface area contributed by atoms with Crippen molar-refractivity contribution in [3.05, 3.63) is 152 Å². The fraction of sp³-hybridized carbons (Fsp3) is 0.279. The van der Waals surface area contributed by atoms with Crippen LogP contribution >= 0.6 is 159 Å². The van der Waals surface area contributed by atoms with Crippen LogP contribution < -0.4 is 0 Å². The minimum atomic E-state index is -4.19. The van der Waals surface area contributed by atoms with Crippen LogP contribution in [0.15, 0.2) is 113 Å². The van der Waals surface area contributed by atoms with Crippen molar-refractivity contribution in [2.24, 2.45) is 0 Å². The van der Waals surface area contributed by atoms with Crippen molar-refractivity contribution in [2.75, 3.05) is 12.5 Å². The molecular weight excluding hydrogens is 1520 g/mol. The number of sulfone groups is 2. The molecule has 14 rings (SSSR count). The number of hydrogen-bond donors (Lipinski definition) is 0. The largest absolute Gasteiger partial charge is 0.425 e. The SMILES string of the molecule is CC.CC.CC.CC.CC.CC.CC.CS(=O)(=O)c1cc2ccsc2s1.CS(=O)(=O)c1sc2sccc2c1F.FC(F)(F)c1cc2ccsc2s1.Fc1sc2sccc2c1F.N#Cc1cc2ccsc2s1.N#Cc1sc2sccc2c1F.O=[N+]([O-])c1cc2ccsc2s1. The number of fused-ring (bicyclic) bond motifs is 7. The molecule has 0 aliphatic carbocycles. The lowest BCUT2D eigenvalue weighted by Gasteiger charge is -1.99. The number of alkyl halides is 3. The maximum absolute atomic E-state index is 13.4. The van der Waals surface area contributed by atoms with Gasteiger partial charge in [-0.25, -0.2) is 30.0 Å². The number of nitro groups is 1. The third kappa shape index (κ3) is 25.1. The maximum atomic E-state index is 13.4. The van der Waals surface area contributed by atoms with Crippen molar-refractivity contribution < 1.29 is 52.5 Å². The fourth-order valence-electron chi connectivity index (χ4n) is 6.15. The van der Waals surface area contributed by atoms with Gasteiger partial charge in [0.15, 0.2) is 41.3 Å². The van der Waals surface area contributed by atoms with Gasteiger partial charge in [0.2, 0.25) is 5.13 Å². The molecular formula is C61H66F7N3O6S16.